The number of likely N-dealkylation sites (N-methyl/N-ethyl adjacent to an activating group) is 1. The van der Waals surface area contributed by atoms with Crippen LogP contribution in [0.5, 0.6) is 5.75 Å². The summed E-state index contributed by atoms with van der Waals surface area (Å²) in [6.45, 7) is 8.25. The predicted octanol–water partition coefficient (Wildman–Crippen LogP) is 3.52. The number of hydrogen-bond acceptors (Lipinski definition) is 3. The number of hydrogen-bond donors (Lipinski definition) is 1. The van der Waals surface area contributed by atoms with Crippen LogP contribution in [0.4, 0.5) is 0 Å². The first-order valence-corrected chi connectivity index (χ1v) is 8.19. The lowest BCUT2D eigenvalue weighted by Gasteiger charge is -2.29. The van der Waals surface area contributed by atoms with E-state index in [1.807, 2.05) is 0 Å². The maximum atomic E-state index is 6.20. The normalized spacial score (nSPS) is 17.6. The quantitative estimate of drug-likeness (QED) is 0.781. The molecule has 0 bridgehead atoms. The average Bonchev–Trinajstić information content (AvgIpc) is 2.74. The third-order valence-corrected chi connectivity index (χ3v) is 4.35. The first-order chi connectivity index (χ1) is 9.98. The molecule has 1 aliphatic rings. The lowest BCUT2D eigenvalue weighted by atomic mass is 9.97. The molecule has 1 unspecified atom stereocenters. The molecule has 1 aromatic carbocycles. The SMILES string of the molecule is CCCCCN(C)C(CN)c1cccc2c1OC(C)(C)C2. The zero-order valence-electron chi connectivity index (χ0n) is 14.0. The summed E-state index contributed by atoms with van der Waals surface area (Å²) in [7, 11) is 2.17. The summed E-state index contributed by atoms with van der Waals surface area (Å²) in [5.41, 5.74) is 8.54. The van der Waals surface area contributed by atoms with Crippen molar-refractivity contribution in [2.75, 3.05) is 20.1 Å². The summed E-state index contributed by atoms with van der Waals surface area (Å²) in [5, 5.41) is 0. The molecule has 0 aliphatic carbocycles. The number of nitrogens with two attached hydrogens (primary N) is 1. The van der Waals surface area contributed by atoms with Crippen LogP contribution in [0.1, 0.15) is 57.2 Å². The minimum absolute atomic E-state index is 0.0988. The lowest BCUT2D eigenvalue weighted by molar-refractivity contribution is 0.133. The van der Waals surface area contributed by atoms with Crippen molar-refractivity contribution in [1.29, 1.82) is 0 Å². The van der Waals surface area contributed by atoms with Gasteiger partial charge < -0.3 is 10.5 Å². The molecule has 21 heavy (non-hydrogen) atoms. The first-order valence-electron chi connectivity index (χ1n) is 8.19. The molecule has 0 fully saturated rings. The summed E-state index contributed by atoms with van der Waals surface area (Å²) in [6, 6.07) is 6.74. The molecular weight excluding hydrogens is 260 g/mol. The Morgan fingerprint density at radius 3 is 2.76 bits per heavy atom. The van der Waals surface area contributed by atoms with Crippen LogP contribution in [-0.2, 0) is 6.42 Å². The summed E-state index contributed by atoms with van der Waals surface area (Å²) in [4.78, 5) is 2.37. The molecule has 0 saturated carbocycles. The van der Waals surface area contributed by atoms with E-state index in [-0.39, 0.29) is 11.6 Å². The number of benzene rings is 1. The second-order valence-corrected chi connectivity index (χ2v) is 6.81. The number of rotatable bonds is 7. The number of para-hydroxylation sites is 1. The van der Waals surface area contributed by atoms with Gasteiger partial charge in [0.25, 0.3) is 0 Å². The van der Waals surface area contributed by atoms with E-state index in [1.54, 1.807) is 0 Å². The molecular formula is C18H30N2O. The molecule has 2 N–H and O–H groups in total. The Hall–Kier alpha value is -1.06. The Balaban J connectivity index is 2.18. The zero-order valence-corrected chi connectivity index (χ0v) is 14.0. The van der Waals surface area contributed by atoms with Crippen LogP contribution in [0.2, 0.25) is 0 Å². The maximum Gasteiger partial charge on any atom is 0.128 e. The van der Waals surface area contributed by atoms with Crippen molar-refractivity contribution in [3.8, 4) is 5.75 Å². The molecule has 0 saturated heterocycles. The van der Waals surface area contributed by atoms with Gasteiger partial charge in [-0.3, -0.25) is 4.90 Å². The second kappa shape index (κ2) is 6.80. The Morgan fingerprint density at radius 1 is 1.33 bits per heavy atom. The van der Waals surface area contributed by atoms with Gasteiger partial charge in [0, 0.05) is 18.5 Å². The monoisotopic (exact) mass is 290 g/mol. The molecule has 3 nitrogen and oxygen atoms in total. The first kappa shape index (κ1) is 16.3. The van der Waals surface area contributed by atoms with E-state index in [0.29, 0.717) is 6.54 Å². The number of unbranched alkanes of at least 4 members (excludes halogenated alkanes) is 2. The number of fused-ring (bicyclic) bond motifs is 1. The highest BCUT2D eigenvalue weighted by atomic mass is 16.5. The third kappa shape index (κ3) is 3.78. The van der Waals surface area contributed by atoms with E-state index >= 15 is 0 Å². The van der Waals surface area contributed by atoms with Gasteiger partial charge in [0.2, 0.25) is 0 Å². The van der Waals surface area contributed by atoms with Crippen LogP contribution in [-0.4, -0.2) is 30.6 Å². The summed E-state index contributed by atoms with van der Waals surface area (Å²) in [6.07, 6.45) is 4.73. The minimum Gasteiger partial charge on any atom is -0.487 e. The Bertz CT molecular complexity index is 470. The molecule has 0 amide bonds. The molecule has 118 valence electrons. The lowest BCUT2D eigenvalue weighted by Crippen LogP contribution is -2.32. The van der Waals surface area contributed by atoms with E-state index in [1.165, 1.54) is 30.4 Å². The van der Waals surface area contributed by atoms with Crippen molar-refractivity contribution in [2.45, 2.75) is 58.1 Å². The smallest absolute Gasteiger partial charge is 0.128 e. The van der Waals surface area contributed by atoms with E-state index in [2.05, 4.69) is 50.9 Å². The van der Waals surface area contributed by atoms with Gasteiger partial charge in [0.15, 0.2) is 0 Å². The number of ether oxygens (including phenoxy) is 1. The van der Waals surface area contributed by atoms with Gasteiger partial charge in [-0.2, -0.15) is 0 Å². The Morgan fingerprint density at radius 2 is 2.10 bits per heavy atom. The van der Waals surface area contributed by atoms with Crippen molar-refractivity contribution in [3.63, 3.8) is 0 Å². The molecule has 1 atom stereocenters. The van der Waals surface area contributed by atoms with E-state index in [9.17, 15) is 0 Å². The summed E-state index contributed by atoms with van der Waals surface area (Å²) in [5.74, 6) is 1.07. The van der Waals surface area contributed by atoms with Crippen molar-refractivity contribution in [2.24, 2.45) is 5.73 Å². The highest BCUT2D eigenvalue weighted by molar-refractivity contribution is 5.47. The van der Waals surface area contributed by atoms with Crippen LogP contribution in [0.15, 0.2) is 18.2 Å². The van der Waals surface area contributed by atoms with Crippen molar-refractivity contribution in [3.05, 3.63) is 29.3 Å². The van der Waals surface area contributed by atoms with E-state index in [0.717, 1.165) is 18.7 Å². The molecule has 0 spiro atoms. The fourth-order valence-electron chi connectivity index (χ4n) is 3.21. The van der Waals surface area contributed by atoms with Gasteiger partial charge in [0.1, 0.15) is 11.4 Å². The van der Waals surface area contributed by atoms with Gasteiger partial charge in [-0.05, 0) is 39.4 Å². The van der Waals surface area contributed by atoms with E-state index < -0.39 is 0 Å². The second-order valence-electron chi connectivity index (χ2n) is 6.81. The van der Waals surface area contributed by atoms with Crippen LogP contribution in [0, 0.1) is 0 Å². The highest BCUT2D eigenvalue weighted by Gasteiger charge is 2.33. The fourth-order valence-corrected chi connectivity index (χ4v) is 3.21. The average molecular weight is 290 g/mol. The topological polar surface area (TPSA) is 38.5 Å². The van der Waals surface area contributed by atoms with Crippen LogP contribution in [0.3, 0.4) is 0 Å². The fraction of sp³-hybridized carbons (Fsp3) is 0.667. The van der Waals surface area contributed by atoms with Crippen molar-refractivity contribution >= 4 is 0 Å². The van der Waals surface area contributed by atoms with Gasteiger partial charge in [-0.15, -0.1) is 0 Å². The Labute approximate surface area is 129 Å². The predicted molar refractivity (Wildman–Crippen MR) is 88.8 cm³/mol. The third-order valence-electron chi connectivity index (χ3n) is 4.35. The Kier molecular flexibility index (Phi) is 5.28. The zero-order chi connectivity index (χ0) is 15.5. The molecule has 1 aromatic rings. The standard InChI is InChI=1S/C18H30N2O/c1-5-6-7-11-20(4)16(13-19)15-10-8-9-14-12-18(2,3)21-17(14)15/h8-10,16H,5-7,11-13,19H2,1-4H3. The molecule has 0 radical (unpaired) electrons. The molecule has 1 aliphatic heterocycles. The summed E-state index contributed by atoms with van der Waals surface area (Å²) < 4.78 is 6.20. The van der Waals surface area contributed by atoms with Gasteiger partial charge in [0.05, 0.1) is 6.04 Å². The van der Waals surface area contributed by atoms with Gasteiger partial charge in [-0.25, -0.2) is 0 Å². The summed E-state index contributed by atoms with van der Waals surface area (Å²) >= 11 is 0. The largest absolute Gasteiger partial charge is 0.487 e. The van der Waals surface area contributed by atoms with Crippen molar-refractivity contribution < 1.29 is 4.74 Å². The van der Waals surface area contributed by atoms with Crippen LogP contribution >= 0.6 is 0 Å². The minimum atomic E-state index is -0.0988. The van der Waals surface area contributed by atoms with Gasteiger partial charge in [-0.1, -0.05) is 38.0 Å². The van der Waals surface area contributed by atoms with Crippen LogP contribution in [0.25, 0.3) is 0 Å². The molecule has 1 heterocycles. The maximum absolute atomic E-state index is 6.20. The molecule has 0 aromatic heterocycles. The molecule has 2 rings (SSSR count). The van der Waals surface area contributed by atoms with Crippen LogP contribution < -0.4 is 10.5 Å². The van der Waals surface area contributed by atoms with E-state index in [4.69, 9.17) is 10.5 Å². The van der Waals surface area contributed by atoms with Gasteiger partial charge >= 0.3 is 0 Å². The highest BCUT2D eigenvalue weighted by Crippen LogP contribution is 2.40. The van der Waals surface area contributed by atoms with Crippen molar-refractivity contribution in [1.82, 2.24) is 4.90 Å². The number of nitrogens with zero attached hydrogens (tertiary/aromatic N) is 1. The molecule has 3 heteroatoms.